The van der Waals surface area contributed by atoms with Crippen LogP contribution in [-0.4, -0.2) is 17.9 Å². The van der Waals surface area contributed by atoms with E-state index in [1.165, 1.54) is 11.1 Å². The van der Waals surface area contributed by atoms with E-state index in [-0.39, 0.29) is 5.91 Å². The zero-order valence-electron chi connectivity index (χ0n) is 9.08. The Morgan fingerprint density at radius 3 is 2.71 bits per heavy atom. The van der Waals surface area contributed by atoms with Gasteiger partial charge in [0.25, 0.3) is 0 Å². The van der Waals surface area contributed by atoms with Crippen molar-refractivity contribution in [1.29, 1.82) is 0 Å². The monoisotopic (exact) mass is 191 g/mol. The summed E-state index contributed by atoms with van der Waals surface area (Å²) in [7, 11) is 1.84. The molecule has 14 heavy (non-hydrogen) atoms. The summed E-state index contributed by atoms with van der Waals surface area (Å²) in [5.74, 6) is 0.187. The van der Waals surface area contributed by atoms with E-state index in [9.17, 15) is 4.79 Å². The molecule has 0 radical (unpaired) electrons. The molecule has 0 aliphatic heterocycles. The second kappa shape index (κ2) is 4.80. The average molecular weight is 191 g/mol. The standard InChI is InChI=1S/C12H17NO/c1-4-12(14)13(3)9-11-7-5-6-10(2)8-11/h5-8H,4,9H2,1-3H3. The summed E-state index contributed by atoms with van der Waals surface area (Å²) in [6, 6.07) is 8.24. The summed E-state index contributed by atoms with van der Waals surface area (Å²) in [4.78, 5) is 13.1. The second-order valence-electron chi connectivity index (χ2n) is 3.59. The third kappa shape index (κ3) is 2.87. The van der Waals surface area contributed by atoms with Crippen molar-refractivity contribution in [1.82, 2.24) is 4.90 Å². The molecule has 0 saturated carbocycles. The number of benzene rings is 1. The topological polar surface area (TPSA) is 20.3 Å². The Kier molecular flexibility index (Phi) is 3.69. The molecule has 1 aromatic rings. The lowest BCUT2D eigenvalue weighted by atomic mass is 10.1. The summed E-state index contributed by atoms with van der Waals surface area (Å²) in [5.41, 5.74) is 2.43. The van der Waals surface area contributed by atoms with E-state index in [1.54, 1.807) is 4.90 Å². The van der Waals surface area contributed by atoms with E-state index in [4.69, 9.17) is 0 Å². The molecule has 0 bridgehead atoms. The van der Waals surface area contributed by atoms with Crippen LogP contribution >= 0.6 is 0 Å². The van der Waals surface area contributed by atoms with E-state index in [0.717, 1.165) is 0 Å². The van der Waals surface area contributed by atoms with Crippen LogP contribution in [0.1, 0.15) is 24.5 Å². The minimum atomic E-state index is 0.187. The van der Waals surface area contributed by atoms with Crippen LogP contribution in [0, 0.1) is 6.92 Å². The fraction of sp³-hybridized carbons (Fsp3) is 0.417. The molecule has 2 nitrogen and oxygen atoms in total. The van der Waals surface area contributed by atoms with Crippen LogP contribution in [0.25, 0.3) is 0 Å². The van der Waals surface area contributed by atoms with Gasteiger partial charge in [0.05, 0.1) is 0 Å². The van der Waals surface area contributed by atoms with Gasteiger partial charge in [0.2, 0.25) is 5.91 Å². The van der Waals surface area contributed by atoms with E-state index in [0.29, 0.717) is 13.0 Å². The first-order chi connectivity index (χ1) is 6.63. The van der Waals surface area contributed by atoms with Gasteiger partial charge < -0.3 is 4.90 Å². The minimum absolute atomic E-state index is 0.187. The highest BCUT2D eigenvalue weighted by Gasteiger charge is 2.05. The van der Waals surface area contributed by atoms with Gasteiger partial charge in [0.15, 0.2) is 0 Å². The second-order valence-corrected chi connectivity index (χ2v) is 3.59. The SMILES string of the molecule is CCC(=O)N(C)Cc1cccc(C)c1. The van der Waals surface area contributed by atoms with Crippen LogP contribution in [0.2, 0.25) is 0 Å². The van der Waals surface area contributed by atoms with Crippen LogP contribution in [0.3, 0.4) is 0 Å². The molecule has 1 aromatic carbocycles. The lowest BCUT2D eigenvalue weighted by molar-refractivity contribution is -0.130. The van der Waals surface area contributed by atoms with Gasteiger partial charge in [-0.2, -0.15) is 0 Å². The Bertz CT molecular complexity index is 320. The molecule has 0 N–H and O–H groups in total. The van der Waals surface area contributed by atoms with Crippen molar-refractivity contribution in [3.63, 3.8) is 0 Å². The smallest absolute Gasteiger partial charge is 0.222 e. The van der Waals surface area contributed by atoms with Gasteiger partial charge in [-0.1, -0.05) is 36.8 Å². The Balaban J connectivity index is 2.64. The third-order valence-corrected chi connectivity index (χ3v) is 2.23. The van der Waals surface area contributed by atoms with Gasteiger partial charge >= 0.3 is 0 Å². The van der Waals surface area contributed by atoms with Gasteiger partial charge in [-0.25, -0.2) is 0 Å². The van der Waals surface area contributed by atoms with Crippen molar-refractivity contribution in [2.45, 2.75) is 26.8 Å². The van der Waals surface area contributed by atoms with Gasteiger partial charge in [-0.05, 0) is 12.5 Å². The summed E-state index contributed by atoms with van der Waals surface area (Å²) in [6.07, 6.45) is 0.572. The molecule has 2 heteroatoms. The largest absolute Gasteiger partial charge is 0.341 e. The first kappa shape index (κ1) is 10.8. The zero-order valence-corrected chi connectivity index (χ0v) is 9.08. The number of aryl methyl sites for hydroxylation is 1. The van der Waals surface area contributed by atoms with Crippen LogP contribution < -0.4 is 0 Å². The fourth-order valence-corrected chi connectivity index (χ4v) is 1.44. The first-order valence-electron chi connectivity index (χ1n) is 4.93. The molecular weight excluding hydrogens is 174 g/mol. The highest BCUT2D eigenvalue weighted by atomic mass is 16.2. The molecule has 0 aromatic heterocycles. The first-order valence-corrected chi connectivity index (χ1v) is 4.93. The van der Waals surface area contributed by atoms with E-state index >= 15 is 0 Å². The molecule has 1 rings (SSSR count). The number of carbonyl (C=O) groups is 1. The Labute approximate surface area is 85.5 Å². The molecule has 0 spiro atoms. The van der Waals surface area contributed by atoms with Gasteiger partial charge in [0.1, 0.15) is 0 Å². The molecule has 0 saturated heterocycles. The number of hydrogen-bond donors (Lipinski definition) is 0. The molecule has 76 valence electrons. The molecule has 0 aliphatic carbocycles. The van der Waals surface area contributed by atoms with Crippen molar-refractivity contribution in [2.24, 2.45) is 0 Å². The molecule has 0 fully saturated rings. The lowest BCUT2D eigenvalue weighted by Crippen LogP contribution is -2.25. The van der Waals surface area contributed by atoms with Crippen LogP contribution in [-0.2, 0) is 11.3 Å². The lowest BCUT2D eigenvalue weighted by Gasteiger charge is -2.16. The molecule has 0 heterocycles. The van der Waals surface area contributed by atoms with Crippen molar-refractivity contribution in [3.05, 3.63) is 35.4 Å². The quantitative estimate of drug-likeness (QED) is 0.718. The molecule has 0 atom stereocenters. The highest BCUT2D eigenvalue weighted by molar-refractivity contribution is 5.75. The summed E-state index contributed by atoms with van der Waals surface area (Å²) < 4.78 is 0. The maximum Gasteiger partial charge on any atom is 0.222 e. The average Bonchev–Trinajstić information content (AvgIpc) is 2.16. The van der Waals surface area contributed by atoms with Crippen molar-refractivity contribution < 1.29 is 4.79 Å². The highest BCUT2D eigenvalue weighted by Crippen LogP contribution is 2.07. The van der Waals surface area contributed by atoms with E-state index in [2.05, 4.69) is 19.1 Å². The molecule has 1 amide bonds. The maximum absolute atomic E-state index is 11.3. The number of amides is 1. The summed E-state index contributed by atoms with van der Waals surface area (Å²) in [5, 5.41) is 0. The van der Waals surface area contributed by atoms with Crippen LogP contribution in [0.4, 0.5) is 0 Å². The van der Waals surface area contributed by atoms with Crippen molar-refractivity contribution in [2.75, 3.05) is 7.05 Å². The fourth-order valence-electron chi connectivity index (χ4n) is 1.44. The molecule has 0 unspecified atom stereocenters. The molecule has 0 aliphatic rings. The predicted molar refractivity (Wildman–Crippen MR) is 57.9 cm³/mol. The van der Waals surface area contributed by atoms with Crippen molar-refractivity contribution >= 4 is 5.91 Å². The predicted octanol–water partition coefficient (Wildman–Crippen LogP) is 2.36. The third-order valence-electron chi connectivity index (χ3n) is 2.23. The van der Waals surface area contributed by atoms with Crippen LogP contribution in [0.15, 0.2) is 24.3 Å². The maximum atomic E-state index is 11.3. The number of rotatable bonds is 3. The van der Waals surface area contributed by atoms with Crippen molar-refractivity contribution in [3.8, 4) is 0 Å². The van der Waals surface area contributed by atoms with Gasteiger partial charge in [-0.3, -0.25) is 4.79 Å². The summed E-state index contributed by atoms with van der Waals surface area (Å²) in [6.45, 7) is 4.65. The number of nitrogens with zero attached hydrogens (tertiary/aromatic N) is 1. The minimum Gasteiger partial charge on any atom is -0.341 e. The Hall–Kier alpha value is -1.31. The number of hydrogen-bond acceptors (Lipinski definition) is 1. The van der Waals surface area contributed by atoms with Crippen LogP contribution in [0.5, 0.6) is 0 Å². The normalized spacial score (nSPS) is 9.93. The Morgan fingerprint density at radius 1 is 1.43 bits per heavy atom. The van der Waals surface area contributed by atoms with E-state index < -0.39 is 0 Å². The zero-order chi connectivity index (χ0) is 10.6. The van der Waals surface area contributed by atoms with E-state index in [1.807, 2.05) is 26.1 Å². The summed E-state index contributed by atoms with van der Waals surface area (Å²) >= 11 is 0. The Morgan fingerprint density at radius 2 is 2.14 bits per heavy atom. The molecular formula is C12H17NO. The van der Waals surface area contributed by atoms with Gasteiger partial charge in [0, 0.05) is 20.0 Å². The number of carbonyl (C=O) groups excluding carboxylic acids is 1. The van der Waals surface area contributed by atoms with Gasteiger partial charge in [-0.15, -0.1) is 0 Å².